The molecule has 4 N–H and O–H groups in total. The molecular formula is C34H38N12O3. The van der Waals surface area contributed by atoms with Crippen molar-refractivity contribution in [3.8, 4) is 11.5 Å². The average Bonchev–Trinajstić information content (AvgIpc) is 3.89. The molecule has 1 aliphatic heterocycles. The van der Waals surface area contributed by atoms with Gasteiger partial charge in [-0.3, -0.25) is 14.4 Å². The number of amides is 3. The van der Waals surface area contributed by atoms with Crippen molar-refractivity contribution in [3.05, 3.63) is 84.6 Å². The number of anilines is 4. The minimum atomic E-state index is -0.397. The first-order valence-electron chi connectivity index (χ1n) is 15.9. The van der Waals surface area contributed by atoms with Crippen LogP contribution < -0.4 is 20.9 Å². The van der Waals surface area contributed by atoms with E-state index in [1.165, 1.54) is 6.20 Å². The van der Waals surface area contributed by atoms with Gasteiger partial charge in [0.15, 0.2) is 11.6 Å². The van der Waals surface area contributed by atoms with Gasteiger partial charge in [-0.2, -0.15) is 0 Å². The number of nitrogens with zero attached hydrogens (tertiary/aromatic N) is 8. The largest absolute Gasteiger partial charge is 0.369 e. The molecule has 49 heavy (non-hydrogen) atoms. The highest BCUT2D eigenvalue weighted by Crippen LogP contribution is 2.28. The summed E-state index contributed by atoms with van der Waals surface area (Å²) < 4.78 is 6.78. The Labute approximate surface area is 282 Å². The summed E-state index contributed by atoms with van der Waals surface area (Å²) in [6.45, 7) is 4.03. The van der Waals surface area contributed by atoms with Crippen LogP contribution in [-0.2, 0) is 28.2 Å². The number of aromatic nitrogens is 7. The molecule has 0 radical (unpaired) electrons. The van der Waals surface area contributed by atoms with Crippen LogP contribution in [0.15, 0.2) is 67.4 Å². The Morgan fingerprint density at radius 1 is 0.694 bits per heavy atom. The Morgan fingerprint density at radius 2 is 1.29 bits per heavy atom. The van der Waals surface area contributed by atoms with Crippen LogP contribution in [0.4, 0.5) is 22.7 Å². The third-order valence-electron chi connectivity index (χ3n) is 8.86. The van der Waals surface area contributed by atoms with E-state index in [1.807, 2.05) is 23.9 Å². The molecule has 1 fully saturated rings. The van der Waals surface area contributed by atoms with Crippen LogP contribution in [-0.4, -0.2) is 89.1 Å². The maximum Gasteiger partial charge on any atom is 0.291 e. The quantitative estimate of drug-likeness (QED) is 0.195. The molecule has 252 valence electrons. The number of aryl methyl sites for hydroxylation is 4. The average molecular weight is 663 g/mol. The number of piperazine rings is 1. The van der Waals surface area contributed by atoms with Gasteiger partial charge in [0.25, 0.3) is 17.7 Å². The zero-order valence-corrected chi connectivity index (χ0v) is 28.0. The van der Waals surface area contributed by atoms with E-state index in [0.29, 0.717) is 34.3 Å². The van der Waals surface area contributed by atoms with Gasteiger partial charge in [0, 0.05) is 91.0 Å². The minimum Gasteiger partial charge on any atom is -0.369 e. The second kappa shape index (κ2) is 12.5. The number of carbonyl (C=O) groups excluding carboxylic acids is 3. The van der Waals surface area contributed by atoms with Crippen molar-refractivity contribution in [3.63, 3.8) is 0 Å². The summed E-state index contributed by atoms with van der Waals surface area (Å²) in [6.07, 6.45) is 8.36. The summed E-state index contributed by atoms with van der Waals surface area (Å²) >= 11 is 0. The van der Waals surface area contributed by atoms with Crippen molar-refractivity contribution in [2.24, 2.45) is 28.2 Å². The summed E-state index contributed by atoms with van der Waals surface area (Å²) in [5, 5.41) is 8.58. The lowest BCUT2D eigenvalue weighted by Gasteiger charge is -2.34. The van der Waals surface area contributed by atoms with Crippen LogP contribution in [0, 0.1) is 0 Å². The van der Waals surface area contributed by atoms with Crippen LogP contribution in [0.3, 0.4) is 0 Å². The van der Waals surface area contributed by atoms with Crippen molar-refractivity contribution in [1.82, 2.24) is 38.1 Å². The van der Waals surface area contributed by atoms with Crippen molar-refractivity contribution in [1.29, 1.82) is 0 Å². The number of hydrogen-bond donors (Lipinski definition) is 4. The number of aromatic amines is 1. The van der Waals surface area contributed by atoms with Gasteiger partial charge in [-0.15, -0.1) is 0 Å². The van der Waals surface area contributed by atoms with Crippen molar-refractivity contribution < 1.29 is 14.4 Å². The van der Waals surface area contributed by atoms with Gasteiger partial charge in [0.2, 0.25) is 0 Å². The molecule has 0 spiro atoms. The van der Waals surface area contributed by atoms with Crippen molar-refractivity contribution >= 4 is 51.5 Å². The van der Waals surface area contributed by atoms with Crippen LogP contribution >= 0.6 is 0 Å². The first kappa shape index (κ1) is 31.5. The smallest absolute Gasteiger partial charge is 0.291 e. The monoisotopic (exact) mass is 662 g/mol. The van der Waals surface area contributed by atoms with Gasteiger partial charge in [0.1, 0.15) is 11.4 Å². The summed E-state index contributed by atoms with van der Waals surface area (Å²) in [4.78, 5) is 56.1. The van der Waals surface area contributed by atoms with Gasteiger partial charge >= 0.3 is 0 Å². The molecule has 0 saturated carbocycles. The maximum atomic E-state index is 13.4. The number of nitrogens with one attached hydrogen (secondary N) is 4. The van der Waals surface area contributed by atoms with E-state index in [9.17, 15) is 14.4 Å². The third-order valence-corrected chi connectivity index (χ3v) is 8.86. The molecule has 15 nitrogen and oxygen atoms in total. The molecule has 15 heteroatoms. The molecule has 1 aliphatic rings. The molecule has 6 heterocycles. The number of likely N-dealkylation sites (N-methyl/N-ethyl adjacent to an activating group) is 1. The number of carbonyl (C=O) groups is 3. The number of rotatable bonds is 8. The highest BCUT2D eigenvalue weighted by atomic mass is 16.2. The standard InChI is InChI=1S/C34H38N12O3/c1-41-10-12-46(13-11-41)24-6-7-25-26(17-24)40-30(39-25)27-14-21(18-43(27)3)36-32(47)28-15-22(19-44(28)4)37-33(48)29-16-23(20-45(29)5)38-34(49)31-35-8-9-42(31)2/h6-9,14-20H,10-13H2,1-5H3,(H,36,47)(H,37,48)(H,38,49)(H,39,40). The molecule has 6 aromatic rings. The van der Waals surface area contributed by atoms with E-state index in [2.05, 4.69) is 61.0 Å². The minimum absolute atomic E-state index is 0.251. The van der Waals surface area contributed by atoms with Crippen LogP contribution in [0.25, 0.3) is 22.6 Å². The lowest BCUT2D eigenvalue weighted by molar-refractivity contribution is 0.100. The second-order valence-electron chi connectivity index (χ2n) is 12.5. The third kappa shape index (κ3) is 6.30. The molecule has 0 aliphatic carbocycles. The van der Waals surface area contributed by atoms with E-state index in [0.717, 1.165) is 48.6 Å². The predicted molar refractivity (Wildman–Crippen MR) is 188 cm³/mol. The lowest BCUT2D eigenvalue weighted by atomic mass is 10.2. The van der Waals surface area contributed by atoms with E-state index in [1.54, 1.807) is 65.6 Å². The first-order valence-corrected chi connectivity index (χ1v) is 15.9. The Kier molecular flexibility index (Phi) is 8.04. The van der Waals surface area contributed by atoms with Crippen LogP contribution in [0.2, 0.25) is 0 Å². The topological polar surface area (TPSA) is 155 Å². The van der Waals surface area contributed by atoms with Gasteiger partial charge < -0.3 is 49.0 Å². The second-order valence-corrected chi connectivity index (χ2v) is 12.5. The molecule has 5 aromatic heterocycles. The maximum absolute atomic E-state index is 13.4. The molecule has 0 unspecified atom stereocenters. The zero-order chi connectivity index (χ0) is 34.4. The predicted octanol–water partition coefficient (Wildman–Crippen LogP) is 3.49. The van der Waals surface area contributed by atoms with Gasteiger partial charge in [0.05, 0.1) is 33.8 Å². The number of imidazole rings is 2. The van der Waals surface area contributed by atoms with E-state index in [-0.39, 0.29) is 17.6 Å². The fourth-order valence-electron chi connectivity index (χ4n) is 6.12. The Morgan fingerprint density at radius 3 is 1.90 bits per heavy atom. The summed E-state index contributed by atoms with van der Waals surface area (Å²) in [5.41, 5.74) is 6.01. The Bertz CT molecular complexity index is 2200. The van der Waals surface area contributed by atoms with Gasteiger partial charge in [-0.05, 0) is 43.4 Å². The van der Waals surface area contributed by atoms with E-state index < -0.39 is 5.91 Å². The Hall–Kier alpha value is -6.09. The van der Waals surface area contributed by atoms with E-state index >= 15 is 0 Å². The molecule has 0 bridgehead atoms. The number of H-pyrrole nitrogens is 1. The van der Waals surface area contributed by atoms with Gasteiger partial charge in [-0.1, -0.05) is 0 Å². The Balaban J connectivity index is 1.01. The molecule has 1 aromatic carbocycles. The van der Waals surface area contributed by atoms with E-state index in [4.69, 9.17) is 4.98 Å². The highest BCUT2D eigenvalue weighted by molar-refractivity contribution is 6.08. The van der Waals surface area contributed by atoms with Crippen molar-refractivity contribution in [2.45, 2.75) is 0 Å². The van der Waals surface area contributed by atoms with Gasteiger partial charge in [-0.25, -0.2) is 9.97 Å². The lowest BCUT2D eigenvalue weighted by Crippen LogP contribution is -2.44. The molecular weight excluding hydrogens is 624 g/mol. The zero-order valence-electron chi connectivity index (χ0n) is 28.0. The first-order chi connectivity index (χ1) is 23.5. The molecule has 7 rings (SSSR count). The highest BCUT2D eigenvalue weighted by Gasteiger charge is 2.20. The SMILES string of the molecule is CN1CCN(c2ccc3[nH]c(-c4cc(NC(=O)c5cc(NC(=O)c6cc(NC(=O)c7nccn7C)cn6C)cn5C)cn4C)nc3c2)CC1. The van der Waals surface area contributed by atoms with Crippen LogP contribution in [0.5, 0.6) is 0 Å². The van der Waals surface area contributed by atoms with Crippen LogP contribution in [0.1, 0.15) is 31.6 Å². The normalized spacial score (nSPS) is 13.6. The fourth-order valence-corrected chi connectivity index (χ4v) is 6.12. The summed E-state index contributed by atoms with van der Waals surface area (Å²) in [5.74, 6) is -0.160. The summed E-state index contributed by atoms with van der Waals surface area (Å²) in [7, 11) is 9.22. The van der Waals surface area contributed by atoms with Crippen molar-refractivity contribution in [2.75, 3.05) is 54.1 Å². The molecule has 3 amide bonds. The fraction of sp³-hybridized carbons (Fsp3) is 0.265. The molecule has 0 atom stereocenters. The number of hydrogen-bond acceptors (Lipinski definition) is 7. The molecule has 1 saturated heterocycles. The number of fused-ring (bicyclic) bond motifs is 1. The summed E-state index contributed by atoms with van der Waals surface area (Å²) in [6, 6.07) is 11.4. The number of benzene rings is 1.